The third-order valence-corrected chi connectivity index (χ3v) is 6.34. The minimum absolute atomic E-state index is 0.236. The van der Waals surface area contributed by atoms with Crippen molar-refractivity contribution < 1.29 is 13.2 Å². The Hall–Kier alpha value is -1.86. The molecule has 2 aromatic carbocycles. The van der Waals surface area contributed by atoms with Crippen molar-refractivity contribution in [3.8, 4) is 0 Å². The van der Waals surface area contributed by atoms with Crippen LogP contribution in [0.1, 0.15) is 36.5 Å². The van der Waals surface area contributed by atoms with Crippen LogP contribution in [0.15, 0.2) is 40.9 Å². The zero-order valence-electron chi connectivity index (χ0n) is 16.2. The third kappa shape index (κ3) is 5.32. The van der Waals surface area contributed by atoms with Gasteiger partial charge in [-0.3, -0.25) is 9.10 Å². The molecule has 1 N–H and O–H groups in total. The van der Waals surface area contributed by atoms with Crippen LogP contribution < -0.4 is 9.62 Å². The molecule has 2 aromatic rings. The van der Waals surface area contributed by atoms with E-state index in [9.17, 15) is 13.2 Å². The molecule has 0 atom stereocenters. The first-order chi connectivity index (χ1) is 12.5. The van der Waals surface area contributed by atoms with E-state index in [-0.39, 0.29) is 18.4 Å². The fourth-order valence-corrected chi connectivity index (χ4v) is 3.93. The van der Waals surface area contributed by atoms with Crippen LogP contribution in [0.2, 0.25) is 0 Å². The Kier molecular flexibility index (Phi) is 6.70. The van der Waals surface area contributed by atoms with E-state index in [0.29, 0.717) is 5.69 Å². The molecule has 146 valence electrons. The molecule has 27 heavy (non-hydrogen) atoms. The normalized spacial score (nSPS) is 11.5. The van der Waals surface area contributed by atoms with E-state index in [1.165, 1.54) is 0 Å². The van der Waals surface area contributed by atoms with Crippen LogP contribution in [0, 0.1) is 13.8 Å². The van der Waals surface area contributed by atoms with Crippen LogP contribution in [-0.2, 0) is 14.8 Å². The number of benzene rings is 2. The monoisotopic (exact) mass is 452 g/mol. The molecule has 0 aliphatic heterocycles. The Bertz CT molecular complexity index is 956. The molecule has 5 nitrogen and oxygen atoms in total. The van der Waals surface area contributed by atoms with E-state index < -0.39 is 10.0 Å². The van der Waals surface area contributed by atoms with Crippen molar-refractivity contribution in [2.45, 2.75) is 33.6 Å². The summed E-state index contributed by atoms with van der Waals surface area (Å²) in [5.74, 6) is -0.141. The number of anilines is 2. The molecule has 2 rings (SSSR count). The van der Waals surface area contributed by atoms with Crippen LogP contribution >= 0.6 is 15.9 Å². The number of para-hydroxylation sites is 1. The first-order valence-corrected chi connectivity index (χ1v) is 11.3. The predicted octanol–water partition coefficient (Wildman–Crippen LogP) is 4.59. The van der Waals surface area contributed by atoms with E-state index in [1.807, 2.05) is 32.0 Å². The van der Waals surface area contributed by atoms with E-state index >= 15 is 0 Å². The van der Waals surface area contributed by atoms with Gasteiger partial charge in [-0.05, 0) is 54.7 Å². The highest BCUT2D eigenvalue weighted by Crippen LogP contribution is 2.28. The van der Waals surface area contributed by atoms with E-state index in [2.05, 4.69) is 35.1 Å². The number of hydrogen-bond acceptors (Lipinski definition) is 3. The summed E-state index contributed by atoms with van der Waals surface area (Å²) in [5, 5.41) is 2.90. The average Bonchev–Trinajstić information content (AvgIpc) is 2.56. The van der Waals surface area contributed by atoms with Crippen LogP contribution in [0.5, 0.6) is 0 Å². The number of nitrogens with one attached hydrogen (secondary N) is 1. The Morgan fingerprint density at radius 3 is 2.37 bits per heavy atom. The molecule has 0 heterocycles. The number of halogens is 1. The zero-order valence-corrected chi connectivity index (χ0v) is 18.6. The van der Waals surface area contributed by atoms with Gasteiger partial charge >= 0.3 is 0 Å². The fourth-order valence-electron chi connectivity index (χ4n) is 2.84. The molecule has 0 aliphatic carbocycles. The molecular weight excluding hydrogens is 428 g/mol. The van der Waals surface area contributed by atoms with Gasteiger partial charge < -0.3 is 5.32 Å². The summed E-state index contributed by atoms with van der Waals surface area (Å²) in [6.07, 6.45) is 1.10. The molecule has 0 radical (unpaired) electrons. The lowest BCUT2D eigenvalue weighted by molar-refractivity contribution is -0.114. The zero-order chi connectivity index (χ0) is 20.4. The average molecular weight is 453 g/mol. The summed E-state index contributed by atoms with van der Waals surface area (Å²) >= 11 is 3.41. The summed E-state index contributed by atoms with van der Waals surface area (Å²) in [6, 6.07) is 11.0. The SMILES string of the molecule is Cc1cc(N(CC(=O)Nc2c(C)cccc2C(C)C)S(C)(=O)=O)ccc1Br. The summed E-state index contributed by atoms with van der Waals surface area (Å²) < 4.78 is 26.6. The second kappa shape index (κ2) is 8.44. The number of hydrogen-bond donors (Lipinski definition) is 1. The molecule has 1 amide bonds. The number of sulfonamides is 1. The summed E-state index contributed by atoms with van der Waals surface area (Å²) in [5.41, 5.74) is 4.07. The number of amides is 1. The predicted molar refractivity (Wildman–Crippen MR) is 115 cm³/mol. The third-order valence-electron chi connectivity index (χ3n) is 4.31. The molecular formula is C20H25BrN2O3S. The Balaban J connectivity index is 2.32. The number of nitrogens with zero attached hydrogens (tertiary/aromatic N) is 1. The van der Waals surface area contributed by atoms with Gasteiger partial charge in [0.15, 0.2) is 0 Å². The van der Waals surface area contributed by atoms with Crippen molar-refractivity contribution in [1.82, 2.24) is 0 Å². The molecule has 0 aromatic heterocycles. The van der Waals surface area contributed by atoms with Gasteiger partial charge in [-0.2, -0.15) is 0 Å². The van der Waals surface area contributed by atoms with Crippen LogP contribution in [-0.4, -0.2) is 27.1 Å². The maximum absolute atomic E-state index is 12.7. The van der Waals surface area contributed by atoms with Gasteiger partial charge in [0.2, 0.25) is 15.9 Å². The lowest BCUT2D eigenvalue weighted by atomic mass is 9.98. The highest BCUT2D eigenvalue weighted by molar-refractivity contribution is 9.10. The first-order valence-electron chi connectivity index (χ1n) is 8.64. The second-order valence-corrected chi connectivity index (χ2v) is 9.71. The standard InChI is InChI=1S/C20H25BrN2O3S/c1-13(2)17-8-6-7-14(3)20(17)22-19(24)12-23(27(5,25)26)16-9-10-18(21)15(4)11-16/h6-11,13H,12H2,1-5H3,(H,22,24). The minimum Gasteiger partial charge on any atom is -0.324 e. The van der Waals surface area contributed by atoms with Crippen LogP contribution in [0.4, 0.5) is 11.4 Å². The van der Waals surface area contributed by atoms with Crippen molar-refractivity contribution >= 4 is 43.2 Å². The number of rotatable bonds is 6. The van der Waals surface area contributed by atoms with Gasteiger partial charge in [0.05, 0.1) is 11.9 Å². The highest BCUT2D eigenvalue weighted by Gasteiger charge is 2.22. The van der Waals surface area contributed by atoms with Crippen molar-refractivity contribution in [3.05, 3.63) is 57.6 Å². The molecule has 0 saturated heterocycles. The van der Waals surface area contributed by atoms with Gasteiger partial charge in [-0.15, -0.1) is 0 Å². The Morgan fingerprint density at radius 1 is 1.15 bits per heavy atom. The summed E-state index contributed by atoms with van der Waals surface area (Å²) in [6.45, 7) is 7.62. The van der Waals surface area contributed by atoms with E-state index in [0.717, 1.165) is 37.4 Å². The molecule has 0 aliphatic rings. The number of carbonyl (C=O) groups is 1. The Labute approximate surface area is 170 Å². The maximum Gasteiger partial charge on any atom is 0.245 e. The Morgan fingerprint density at radius 2 is 1.81 bits per heavy atom. The van der Waals surface area contributed by atoms with Crippen molar-refractivity contribution in [2.24, 2.45) is 0 Å². The molecule has 0 unspecified atom stereocenters. The van der Waals surface area contributed by atoms with Crippen molar-refractivity contribution in [1.29, 1.82) is 0 Å². The smallest absolute Gasteiger partial charge is 0.245 e. The summed E-state index contributed by atoms with van der Waals surface area (Å²) in [7, 11) is -3.61. The van der Waals surface area contributed by atoms with Gasteiger partial charge in [0, 0.05) is 10.2 Å². The molecule has 0 spiro atoms. The molecule has 0 bridgehead atoms. The van der Waals surface area contributed by atoms with Crippen LogP contribution in [0.3, 0.4) is 0 Å². The lowest BCUT2D eigenvalue weighted by Crippen LogP contribution is -2.37. The fraction of sp³-hybridized carbons (Fsp3) is 0.350. The van der Waals surface area contributed by atoms with Gasteiger partial charge in [0.25, 0.3) is 0 Å². The molecule has 0 saturated carbocycles. The quantitative estimate of drug-likeness (QED) is 0.696. The molecule has 0 fully saturated rings. The topological polar surface area (TPSA) is 66.5 Å². The van der Waals surface area contributed by atoms with E-state index in [4.69, 9.17) is 0 Å². The van der Waals surface area contributed by atoms with E-state index in [1.54, 1.807) is 18.2 Å². The lowest BCUT2D eigenvalue weighted by Gasteiger charge is -2.23. The maximum atomic E-state index is 12.7. The van der Waals surface area contributed by atoms with Gasteiger partial charge in [-0.25, -0.2) is 8.42 Å². The minimum atomic E-state index is -3.61. The van der Waals surface area contributed by atoms with Gasteiger partial charge in [0.1, 0.15) is 6.54 Å². The second-order valence-electron chi connectivity index (χ2n) is 6.95. The highest BCUT2D eigenvalue weighted by atomic mass is 79.9. The van der Waals surface area contributed by atoms with Crippen LogP contribution in [0.25, 0.3) is 0 Å². The number of aryl methyl sites for hydroxylation is 2. The summed E-state index contributed by atoms with van der Waals surface area (Å²) in [4.78, 5) is 12.7. The molecule has 7 heteroatoms. The van der Waals surface area contributed by atoms with Gasteiger partial charge in [-0.1, -0.05) is 48.0 Å². The first kappa shape index (κ1) is 21.4. The van der Waals surface area contributed by atoms with Crippen molar-refractivity contribution in [3.63, 3.8) is 0 Å². The van der Waals surface area contributed by atoms with Crippen molar-refractivity contribution in [2.75, 3.05) is 22.4 Å². The largest absolute Gasteiger partial charge is 0.324 e. The number of carbonyl (C=O) groups excluding carboxylic acids is 1.